The molecule has 2 N–H and O–H groups in total. The second kappa shape index (κ2) is 8.72. The average Bonchev–Trinajstić information content (AvgIpc) is 3.19. The van der Waals surface area contributed by atoms with Crippen LogP contribution in [0.5, 0.6) is 0 Å². The fourth-order valence-corrected chi connectivity index (χ4v) is 5.66. The highest BCUT2D eigenvalue weighted by Crippen LogP contribution is 2.28. The van der Waals surface area contributed by atoms with E-state index in [4.69, 9.17) is 0 Å². The van der Waals surface area contributed by atoms with Gasteiger partial charge >= 0.3 is 5.97 Å². The Balaban J connectivity index is 1.68. The number of carboxylic acid groups (broad SMARTS) is 1. The van der Waals surface area contributed by atoms with Crippen LogP contribution in [0.2, 0.25) is 0 Å². The molecule has 1 unspecified atom stereocenters. The predicted octanol–water partition coefficient (Wildman–Crippen LogP) is 1.71. The lowest BCUT2D eigenvalue weighted by molar-refractivity contribution is -0.144. The van der Waals surface area contributed by atoms with Gasteiger partial charge in [0.1, 0.15) is 22.0 Å². The lowest BCUT2D eigenvalue weighted by Gasteiger charge is -2.31. The van der Waals surface area contributed by atoms with Gasteiger partial charge in [0.15, 0.2) is 0 Å². The van der Waals surface area contributed by atoms with Crippen molar-refractivity contribution in [3.63, 3.8) is 0 Å². The Morgan fingerprint density at radius 1 is 1.31 bits per heavy atom. The summed E-state index contributed by atoms with van der Waals surface area (Å²) in [6.07, 6.45) is 1.30. The molecule has 1 fully saturated rings. The number of aliphatic carboxylic acids is 1. The quantitative estimate of drug-likeness (QED) is 0.670. The number of aromatic nitrogens is 2. The Morgan fingerprint density at radius 2 is 2.00 bits per heavy atom. The number of rotatable bonds is 7. The smallest absolute Gasteiger partial charge is 0.326 e. The number of carboxylic acids is 1. The molecule has 1 aromatic heterocycles. The van der Waals surface area contributed by atoms with E-state index in [-0.39, 0.29) is 29.8 Å². The van der Waals surface area contributed by atoms with Gasteiger partial charge in [-0.1, -0.05) is 26.3 Å². The molecular weight excluding hydrogens is 416 g/mol. The van der Waals surface area contributed by atoms with Crippen molar-refractivity contribution in [1.82, 2.24) is 18.4 Å². The second-order valence-electron chi connectivity index (χ2n) is 7.28. The molecule has 0 radical (unpaired) electrons. The van der Waals surface area contributed by atoms with E-state index in [0.717, 1.165) is 11.7 Å². The highest BCUT2D eigenvalue weighted by molar-refractivity contribution is 7.89. The Bertz CT molecular complexity index is 999. The fraction of sp³-hybridized carbons (Fsp3) is 0.556. The van der Waals surface area contributed by atoms with Gasteiger partial charge in [-0.25, -0.2) is 13.2 Å². The summed E-state index contributed by atoms with van der Waals surface area (Å²) in [6, 6.07) is 3.92. The van der Waals surface area contributed by atoms with Gasteiger partial charge in [0.05, 0.1) is 11.7 Å². The molecule has 1 aliphatic heterocycles. The SMILES string of the molecule is CCC(C)[C@H](NC(=O)C1CCN(S(=O)(=O)c2cccc3nsnc23)CC1)C(=O)O. The van der Waals surface area contributed by atoms with Gasteiger partial charge in [-0.05, 0) is 30.9 Å². The molecule has 2 atom stereocenters. The third kappa shape index (κ3) is 4.41. The molecule has 0 saturated carbocycles. The van der Waals surface area contributed by atoms with Gasteiger partial charge in [-0.3, -0.25) is 4.79 Å². The number of benzene rings is 1. The molecule has 0 bridgehead atoms. The van der Waals surface area contributed by atoms with Gasteiger partial charge in [-0.15, -0.1) is 0 Å². The van der Waals surface area contributed by atoms with Crippen LogP contribution in [0.25, 0.3) is 11.0 Å². The molecule has 1 aliphatic rings. The molecular formula is C18H24N4O5S2. The minimum Gasteiger partial charge on any atom is -0.480 e. The van der Waals surface area contributed by atoms with Gasteiger partial charge in [-0.2, -0.15) is 13.1 Å². The van der Waals surface area contributed by atoms with Crippen molar-refractivity contribution in [2.75, 3.05) is 13.1 Å². The summed E-state index contributed by atoms with van der Waals surface area (Å²) in [5, 5.41) is 12.0. The Morgan fingerprint density at radius 3 is 2.62 bits per heavy atom. The zero-order valence-electron chi connectivity index (χ0n) is 16.2. The molecule has 9 nitrogen and oxygen atoms in total. The number of carbonyl (C=O) groups is 2. The number of nitrogens with zero attached hydrogens (tertiary/aromatic N) is 3. The number of carbonyl (C=O) groups excluding carboxylic acids is 1. The number of nitrogens with one attached hydrogen (secondary N) is 1. The van der Waals surface area contributed by atoms with Gasteiger partial charge < -0.3 is 10.4 Å². The van der Waals surface area contributed by atoms with Crippen LogP contribution in [0.15, 0.2) is 23.1 Å². The molecule has 0 spiro atoms. The monoisotopic (exact) mass is 440 g/mol. The number of hydrogen-bond donors (Lipinski definition) is 2. The second-order valence-corrected chi connectivity index (χ2v) is 9.71. The average molecular weight is 441 g/mol. The minimum absolute atomic E-state index is 0.120. The van der Waals surface area contributed by atoms with E-state index >= 15 is 0 Å². The van der Waals surface area contributed by atoms with E-state index in [1.807, 2.05) is 6.92 Å². The lowest BCUT2D eigenvalue weighted by Crippen LogP contribution is -2.49. The maximum atomic E-state index is 13.1. The molecule has 2 heterocycles. The molecule has 11 heteroatoms. The number of fused-ring (bicyclic) bond motifs is 1. The van der Waals surface area contributed by atoms with E-state index in [1.165, 1.54) is 10.4 Å². The summed E-state index contributed by atoms with van der Waals surface area (Å²) in [4.78, 5) is 24.1. The van der Waals surface area contributed by atoms with E-state index in [1.54, 1.807) is 19.1 Å². The normalized spacial score (nSPS) is 18.4. The number of piperidine rings is 1. The van der Waals surface area contributed by atoms with Crippen LogP contribution in [-0.2, 0) is 19.6 Å². The van der Waals surface area contributed by atoms with E-state index in [9.17, 15) is 23.1 Å². The van der Waals surface area contributed by atoms with Crippen LogP contribution < -0.4 is 5.32 Å². The van der Waals surface area contributed by atoms with Crippen LogP contribution in [0, 0.1) is 11.8 Å². The fourth-order valence-electron chi connectivity index (χ4n) is 3.44. The third-order valence-electron chi connectivity index (χ3n) is 5.47. The van der Waals surface area contributed by atoms with Crippen molar-refractivity contribution in [3.05, 3.63) is 18.2 Å². The van der Waals surface area contributed by atoms with Crippen molar-refractivity contribution >= 4 is 44.7 Å². The molecule has 1 saturated heterocycles. The summed E-state index contributed by atoms with van der Waals surface area (Å²) < 4.78 is 35.7. The first-order chi connectivity index (χ1) is 13.8. The minimum atomic E-state index is -3.75. The standard InChI is InChI=1S/C18H24N4O5S2/c1-3-11(2)15(18(24)25)19-17(23)12-7-9-22(10-8-12)29(26,27)14-6-4-5-13-16(14)21-28-20-13/h4-6,11-12,15H,3,7-10H2,1-2H3,(H,19,23)(H,24,25)/t11?,15-/m0/s1. The molecule has 1 amide bonds. The Kier molecular flexibility index (Phi) is 6.49. The van der Waals surface area contributed by atoms with Crippen molar-refractivity contribution in [3.8, 4) is 0 Å². The summed E-state index contributed by atoms with van der Waals surface area (Å²) in [5.74, 6) is -1.99. The van der Waals surface area contributed by atoms with E-state index in [2.05, 4.69) is 14.1 Å². The molecule has 2 aromatic rings. The maximum Gasteiger partial charge on any atom is 0.326 e. The van der Waals surface area contributed by atoms with Gasteiger partial charge in [0.25, 0.3) is 0 Å². The molecule has 1 aromatic carbocycles. The van der Waals surface area contributed by atoms with Crippen LogP contribution in [0.4, 0.5) is 0 Å². The topological polar surface area (TPSA) is 130 Å². The predicted molar refractivity (Wildman–Crippen MR) is 108 cm³/mol. The van der Waals surface area contributed by atoms with Gasteiger partial charge in [0.2, 0.25) is 15.9 Å². The summed E-state index contributed by atoms with van der Waals surface area (Å²) in [5.41, 5.74) is 0.894. The summed E-state index contributed by atoms with van der Waals surface area (Å²) in [6.45, 7) is 4.03. The zero-order valence-corrected chi connectivity index (χ0v) is 17.9. The number of hydrogen-bond acceptors (Lipinski definition) is 7. The first-order valence-corrected chi connectivity index (χ1v) is 11.7. The molecule has 0 aliphatic carbocycles. The molecule has 158 valence electrons. The van der Waals surface area contributed by atoms with Crippen LogP contribution in [0.3, 0.4) is 0 Å². The van der Waals surface area contributed by atoms with Crippen molar-refractivity contribution in [2.45, 2.75) is 44.0 Å². The number of sulfonamides is 1. The first-order valence-electron chi connectivity index (χ1n) is 9.50. The Hall–Kier alpha value is -2.11. The molecule has 3 rings (SSSR count). The van der Waals surface area contributed by atoms with Gasteiger partial charge in [0, 0.05) is 19.0 Å². The van der Waals surface area contributed by atoms with Crippen LogP contribution in [-0.4, -0.2) is 57.6 Å². The van der Waals surface area contributed by atoms with Crippen molar-refractivity contribution in [1.29, 1.82) is 0 Å². The van der Waals surface area contributed by atoms with Crippen LogP contribution in [0.1, 0.15) is 33.1 Å². The summed E-state index contributed by atoms with van der Waals surface area (Å²) in [7, 11) is -3.75. The Labute approximate surface area is 173 Å². The number of amides is 1. The van der Waals surface area contributed by atoms with E-state index < -0.39 is 28.0 Å². The zero-order chi connectivity index (χ0) is 21.2. The maximum absolute atomic E-state index is 13.1. The first kappa shape index (κ1) is 21.6. The highest BCUT2D eigenvalue weighted by atomic mass is 32.2. The summed E-state index contributed by atoms with van der Waals surface area (Å²) >= 11 is 0.962. The largest absolute Gasteiger partial charge is 0.480 e. The van der Waals surface area contributed by atoms with Crippen LogP contribution >= 0.6 is 11.7 Å². The molecule has 29 heavy (non-hydrogen) atoms. The lowest BCUT2D eigenvalue weighted by atomic mass is 9.94. The van der Waals surface area contributed by atoms with E-state index in [0.29, 0.717) is 30.3 Å². The third-order valence-corrected chi connectivity index (χ3v) is 7.94. The van der Waals surface area contributed by atoms with Crippen molar-refractivity contribution in [2.24, 2.45) is 11.8 Å². The highest BCUT2D eigenvalue weighted by Gasteiger charge is 2.35. The van der Waals surface area contributed by atoms with Crippen molar-refractivity contribution < 1.29 is 23.1 Å².